The summed E-state index contributed by atoms with van der Waals surface area (Å²) in [6, 6.07) is 20.9. The Kier molecular flexibility index (Phi) is 10.7. The number of hydrogen-bond acceptors (Lipinski definition) is 2. The van der Waals surface area contributed by atoms with E-state index in [1.165, 1.54) is 11.1 Å². The van der Waals surface area contributed by atoms with Crippen LogP contribution in [0, 0.1) is 0 Å². The molecule has 0 saturated carbocycles. The summed E-state index contributed by atoms with van der Waals surface area (Å²) in [5.41, 5.74) is 2.59. The molecule has 27 heavy (non-hydrogen) atoms. The van der Waals surface area contributed by atoms with Crippen LogP contribution in [0.3, 0.4) is 0 Å². The Morgan fingerprint density at radius 1 is 0.963 bits per heavy atom. The summed E-state index contributed by atoms with van der Waals surface area (Å²) in [7, 11) is 0. The molecule has 2 rings (SSSR count). The SMILES string of the molecule is C=CC[N+](CCc1ccccc1)(CCc1ccccc1)CC(=O)OCC.[Br-]. The van der Waals surface area contributed by atoms with Crippen molar-refractivity contribution in [3.63, 3.8) is 0 Å². The number of hydrogen-bond donors (Lipinski definition) is 0. The van der Waals surface area contributed by atoms with Gasteiger partial charge < -0.3 is 26.2 Å². The molecule has 0 atom stereocenters. The number of quaternary nitrogens is 1. The molecule has 0 aromatic heterocycles. The lowest BCUT2D eigenvalue weighted by molar-refractivity contribution is -0.915. The highest BCUT2D eigenvalue weighted by atomic mass is 79.9. The molecule has 3 nitrogen and oxygen atoms in total. The Morgan fingerprint density at radius 2 is 1.44 bits per heavy atom. The summed E-state index contributed by atoms with van der Waals surface area (Å²) < 4.78 is 5.93. The zero-order valence-corrected chi connectivity index (χ0v) is 17.7. The van der Waals surface area contributed by atoms with Gasteiger partial charge in [0.25, 0.3) is 0 Å². The minimum absolute atomic E-state index is 0. The van der Waals surface area contributed by atoms with Crippen molar-refractivity contribution in [2.75, 3.05) is 32.8 Å². The van der Waals surface area contributed by atoms with Crippen LogP contribution in [0.2, 0.25) is 0 Å². The average molecular weight is 432 g/mol. The first-order valence-electron chi connectivity index (χ1n) is 9.37. The van der Waals surface area contributed by atoms with Crippen LogP contribution >= 0.6 is 0 Å². The lowest BCUT2D eigenvalue weighted by atomic mass is 10.1. The minimum atomic E-state index is -0.129. The first kappa shape index (κ1) is 23.1. The number of carbonyl (C=O) groups excluding carboxylic acids is 1. The van der Waals surface area contributed by atoms with Crippen molar-refractivity contribution in [3.05, 3.63) is 84.4 Å². The fourth-order valence-electron chi connectivity index (χ4n) is 3.29. The predicted molar refractivity (Wildman–Crippen MR) is 107 cm³/mol. The summed E-state index contributed by atoms with van der Waals surface area (Å²) >= 11 is 0. The second-order valence-electron chi connectivity index (χ2n) is 6.69. The minimum Gasteiger partial charge on any atom is -1.00 e. The van der Waals surface area contributed by atoms with Gasteiger partial charge >= 0.3 is 5.97 Å². The van der Waals surface area contributed by atoms with Crippen molar-refractivity contribution in [3.8, 4) is 0 Å². The van der Waals surface area contributed by atoms with Gasteiger partial charge in [-0.1, -0.05) is 67.2 Å². The highest BCUT2D eigenvalue weighted by molar-refractivity contribution is 5.70. The normalized spacial score (nSPS) is 10.7. The molecule has 0 unspecified atom stereocenters. The first-order chi connectivity index (χ1) is 12.7. The molecule has 2 aromatic carbocycles. The van der Waals surface area contributed by atoms with Crippen molar-refractivity contribution in [1.82, 2.24) is 0 Å². The molecule has 0 spiro atoms. The van der Waals surface area contributed by atoms with Crippen LogP contribution < -0.4 is 17.0 Å². The molecule has 0 aliphatic heterocycles. The summed E-state index contributed by atoms with van der Waals surface area (Å²) in [6.07, 6.45) is 3.79. The smallest absolute Gasteiger partial charge is 0.361 e. The topological polar surface area (TPSA) is 26.3 Å². The molecular weight excluding hydrogens is 402 g/mol. The largest absolute Gasteiger partial charge is 1.00 e. The molecule has 0 aliphatic rings. The summed E-state index contributed by atoms with van der Waals surface area (Å²) in [5, 5.41) is 0. The predicted octanol–water partition coefficient (Wildman–Crippen LogP) is 1.04. The molecule has 146 valence electrons. The van der Waals surface area contributed by atoms with Crippen molar-refractivity contribution < 1.29 is 31.0 Å². The van der Waals surface area contributed by atoms with Gasteiger partial charge in [-0.3, -0.25) is 0 Å². The van der Waals surface area contributed by atoms with Gasteiger partial charge in [-0.2, -0.15) is 0 Å². The molecule has 0 radical (unpaired) electrons. The lowest BCUT2D eigenvalue weighted by Crippen LogP contribution is -3.00. The summed E-state index contributed by atoms with van der Waals surface area (Å²) in [4.78, 5) is 12.3. The summed E-state index contributed by atoms with van der Waals surface area (Å²) in [5.74, 6) is -0.129. The fourth-order valence-corrected chi connectivity index (χ4v) is 3.29. The van der Waals surface area contributed by atoms with E-state index in [1.54, 1.807) is 0 Å². The lowest BCUT2D eigenvalue weighted by Gasteiger charge is -2.37. The zero-order chi connectivity index (χ0) is 18.7. The third-order valence-corrected chi connectivity index (χ3v) is 4.72. The highest BCUT2D eigenvalue weighted by Crippen LogP contribution is 2.14. The summed E-state index contributed by atoms with van der Waals surface area (Å²) in [6.45, 7) is 9.15. The molecule has 0 amide bonds. The fraction of sp³-hybridized carbons (Fsp3) is 0.348. The van der Waals surface area contributed by atoms with E-state index in [0.717, 1.165) is 32.5 Å². The van der Waals surface area contributed by atoms with E-state index in [1.807, 2.05) is 25.1 Å². The molecule has 0 bridgehead atoms. The van der Waals surface area contributed by atoms with Gasteiger partial charge in [0.15, 0.2) is 6.54 Å². The number of esters is 1. The van der Waals surface area contributed by atoms with Gasteiger partial charge in [0, 0.05) is 12.8 Å². The monoisotopic (exact) mass is 431 g/mol. The molecule has 0 saturated heterocycles. The molecule has 0 fully saturated rings. The zero-order valence-electron chi connectivity index (χ0n) is 16.1. The molecule has 4 heteroatoms. The number of halogens is 1. The molecule has 0 heterocycles. The van der Waals surface area contributed by atoms with E-state index in [0.29, 0.717) is 17.6 Å². The van der Waals surface area contributed by atoms with E-state index >= 15 is 0 Å². The van der Waals surface area contributed by atoms with Crippen LogP contribution in [0.4, 0.5) is 0 Å². The van der Waals surface area contributed by atoms with Crippen LogP contribution in [-0.2, 0) is 22.4 Å². The standard InChI is InChI=1S/C23H30NO2.BrH/c1-3-17-24(20-23(25)26-4-2,18-15-21-11-7-5-8-12-21)19-16-22-13-9-6-10-14-22;/h3,5-14H,1,4,15-20H2,2H3;1H/q+1;/p-1. The first-order valence-corrected chi connectivity index (χ1v) is 9.37. The van der Waals surface area contributed by atoms with E-state index in [2.05, 4.69) is 55.1 Å². The van der Waals surface area contributed by atoms with Crippen molar-refractivity contribution in [1.29, 1.82) is 0 Å². The highest BCUT2D eigenvalue weighted by Gasteiger charge is 2.29. The van der Waals surface area contributed by atoms with E-state index in [9.17, 15) is 4.79 Å². The Morgan fingerprint density at radius 3 is 1.85 bits per heavy atom. The van der Waals surface area contributed by atoms with Gasteiger partial charge in [0.05, 0.1) is 26.2 Å². The van der Waals surface area contributed by atoms with Gasteiger partial charge in [-0.15, -0.1) is 0 Å². The maximum absolute atomic E-state index is 12.3. The van der Waals surface area contributed by atoms with Crippen molar-refractivity contribution >= 4 is 5.97 Å². The van der Waals surface area contributed by atoms with Gasteiger partial charge in [-0.05, 0) is 24.1 Å². The number of ether oxygens (including phenoxy) is 1. The third kappa shape index (κ3) is 8.10. The van der Waals surface area contributed by atoms with Crippen LogP contribution in [0.15, 0.2) is 73.3 Å². The van der Waals surface area contributed by atoms with Gasteiger partial charge in [-0.25, -0.2) is 4.79 Å². The Balaban J connectivity index is 0.00000364. The van der Waals surface area contributed by atoms with Gasteiger partial charge in [0.1, 0.15) is 0 Å². The van der Waals surface area contributed by atoms with E-state index in [4.69, 9.17) is 4.74 Å². The van der Waals surface area contributed by atoms with Crippen LogP contribution in [-0.4, -0.2) is 43.2 Å². The third-order valence-electron chi connectivity index (χ3n) is 4.72. The molecule has 0 N–H and O–H groups in total. The second kappa shape index (κ2) is 12.5. The maximum Gasteiger partial charge on any atom is 0.361 e. The Hall–Kier alpha value is -1.91. The molecular formula is C23H30BrNO2. The van der Waals surface area contributed by atoms with Crippen molar-refractivity contribution in [2.45, 2.75) is 19.8 Å². The number of carbonyl (C=O) groups is 1. The van der Waals surface area contributed by atoms with Crippen LogP contribution in [0.5, 0.6) is 0 Å². The van der Waals surface area contributed by atoms with Crippen LogP contribution in [0.1, 0.15) is 18.1 Å². The Labute approximate surface area is 174 Å². The van der Waals surface area contributed by atoms with E-state index < -0.39 is 0 Å². The average Bonchev–Trinajstić information content (AvgIpc) is 2.67. The van der Waals surface area contributed by atoms with Crippen LogP contribution in [0.25, 0.3) is 0 Å². The molecule has 0 aliphatic carbocycles. The van der Waals surface area contributed by atoms with E-state index in [-0.39, 0.29) is 23.0 Å². The number of rotatable bonds is 11. The number of nitrogens with zero attached hydrogens (tertiary/aromatic N) is 1. The molecule has 2 aromatic rings. The maximum atomic E-state index is 12.3. The van der Waals surface area contributed by atoms with Gasteiger partial charge in [0.2, 0.25) is 0 Å². The second-order valence-corrected chi connectivity index (χ2v) is 6.69. The quantitative estimate of drug-likeness (QED) is 0.302. The number of benzene rings is 2. The van der Waals surface area contributed by atoms with Crippen molar-refractivity contribution in [2.24, 2.45) is 0 Å². The Bertz CT molecular complexity index is 630.